The van der Waals surface area contributed by atoms with E-state index in [2.05, 4.69) is 15.3 Å². The Labute approximate surface area is 163 Å². The van der Waals surface area contributed by atoms with Crippen LogP contribution in [0.25, 0.3) is 6.08 Å². The highest BCUT2D eigenvalue weighted by atomic mass is 32.2. The van der Waals surface area contributed by atoms with E-state index in [1.807, 2.05) is 13.8 Å². The van der Waals surface area contributed by atoms with Crippen molar-refractivity contribution in [2.75, 3.05) is 0 Å². The third kappa shape index (κ3) is 4.20. The molecule has 0 bridgehead atoms. The topological polar surface area (TPSA) is 112 Å². The molecule has 1 fully saturated rings. The molecule has 2 aromatic rings. The lowest BCUT2D eigenvalue weighted by Gasteiger charge is -2.00. The maximum absolute atomic E-state index is 12.2. The van der Waals surface area contributed by atoms with Crippen molar-refractivity contribution in [3.8, 4) is 11.5 Å². The Morgan fingerprint density at radius 1 is 1.30 bits per heavy atom. The molecule has 1 saturated heterocycles. The zero-order chi connectivity index (χ0) is 19.7. The van der Waals surface area contributed by atoms with Gasteiger partial charge in [-0.15, -0.1) is 0 Å². The van der Waals surface area contributed by atoms with E-state index in [-0.39, 0.29) is 29.1 Å². The minimum Gasteiger partial charge on any atom is -0.504 e. The van der Waals surface area contributed by atoms with Gasteiger partial charge in [-0.3, -0.25) is 9.59 Å². The quantitative estimate of drug-likeness (QED) is 0.407. The van der Waals surface area contributed by atoms with Gasteiger partial charge >= 0.3 is 0 Å². The number of phenols is 2. The predicted octanol–water partition coefficient (Wildman–Crippen LogP) is 3.77. The number of hydrogen-bond acceptors (Lipinski definition) is 8. The van der Waals surface area contributed by atoms with Crippen LogP contribution in [0.15, 0.2) is 28.1 Å². The smallest absolute Gasteiger partial charge is 0.264 e. The highest BCUT2D eigenvalue weighted by Gasteiger charge is 2.25. The first-order valence-corrected chi connectivity index (χ1v) is 9.71. The summed E-state index contributed by atoms with van der Waals surface area (Å²) in [5.41, 5.74) is 1.27. The fraction of sp³-hybridized carbons (Fsp3) is 0.222. The molecule has 0 atom stereocenters. The Balaban J connectivity index is 1.87. The minimum atomic E-state index is -0.321. The molecule has 1 amide bonds. The number of aromatic nitrogens is 1. The number of carbonyl (C=O) groups is 2. The number of rotatable bonds is 4. The van der Waals surface area contributed by atoms with Crippen molar-refractivity contribution in [2.45, 2.75) is 26.7 Å². The van der Waals surface area contributed by atoms with Gasteiger partial charge in [0, 0.05) is 6.92 Å². The number of phenolic OH excluding ortho intramolecular Hbond substituents is 2. The van der Waals surface area contributed by atoms with Crippen LogP contribution in [0.5, 0.6) is 11.5 Å². The van der Waals surface area contributed by atoms with Crippen LogP contribution in [0.4, 0.5) is 5.13 Å². The van der Waals surface area contributed by atoms with Crippen molar-refractivity contribution in [2.24, 2.45) is 4.99 Å². The largest absolute Gasteiger partial charge is 0.504 e. The number of benzene rings is 1. The fourth-order valence-corrected chi connectivity index (χ4v) is 4.23. The molecule has 1 aromatic heterocycles. The lowest BCUT2D eigenvalue weighted by molar-refractivity contribution is -0.115. The zero-order valence-corrected chi connectivity index (χ0v) is 16.4. The number of aromatic hydroxyl groups is 2. The van der Waals surface area contributed by atoms with Gasteiger partial charge in [0.05, 0.1) is 15.5 Å². The van der Waals surface area contributed by atoms with Gasteiger partial charge in [-0.2, -0.15) is 4.99 Å². The molecule has 0 spiro atoms. The molecule has 7 nitrogen and oxygen atoms in total. The molecular weight excluding hydrogens is 386 g/mol. The molecule has 1 aliphatic heterocycles. The predicted molar refractivity (Wildman–Crippen MR) is 107 cm³/mol. The Morgan fingerprint density at radius 3 is 2.63 bits per heavy atom. The number of carbonyl (C=O) groups excluding carboxylic acids is 2. The molecule has 0 saturated carbocycles. The monoisotopic (exact) mass is 403 g/mol. The lowest BCUT2D eigenvalue weighted by atomic mass is 10.1. The SMILES string of the molecule is CC(=O)c1sc(N=C2NC(=O)/C(=C/c3ccc(O)c(O)c3)S2)nc1C(C)C. The van der Waals surface area contributed by atoms with Gasteiger partial charge in [0.25, 0.3) is 5.91 Å². The van der Waals surface area contributed by atoms with E-state index < -0.39 is 0 Å². The average molecular weight is 403 g/mol. The van der Waals surface area contributed by atoms with Crippen molar-refractivity contribution in [1.82, 2.24) is 10.3 Å². The van der Waals surface area contributed by atoms with E-state index in [0.717, 1.165) is 11.8 Å². The molecule has 0 radical (unpaired) electrons. The number of amides is 1. The summed E-state index contributed by atoms with van der Waals surface area (Å²) in [5, 5.41) is 22.4. The molecular formula is C18H17N3O4S2. The molecule has 1 aromatic carbocycles. The molecule has 3 rings (SSSR count). The summed E-state index contributed by atoms with van der Waals surface area (Å²) in [4.78, 5) is 33.7. The number of nitrogens with zero attached hydrogens (tertiary/aromatic N) is 2. The van der Waals surface area contributed by atoms with Gasteiger partial charge in [0.1, 0.15) is 0 Å². The molecule has 140 valence electrons. The normalized spacial score (nSPS) is 17.1. The second-order valence-electron chi connectivity index (χ2n) is 6.15. The molecule has 3 N–H and O–H groups in total. The van der Waals surface area contributed by atoms with E-state index in [0.29, 0.717) is 31.3 Å². The second-order valence-corrected chi connectivity index (χ2v) is 8.16. The summed E-state index contributed by atoms with van der Waals surface area (Å²) < 4.78 is 0. The van der Waals surface area contributed by atoms with Crippen molar-refractivity contribution >= 4 is 51.2 Å². The second kappa shape index (κ2) is 7.53. The lowest BCUT2D eigenvalue weighted by Crippen LogP contribution is -2.19. The van der Waals surface area contributed by atoms with Crippen LogP contribution in [-0.4, -0.2) is 32.1 Å². The van der Waals surface area contributed by atoms with E-state index in [9.17, 15) is 19.8 Å². The van der Waals surface area contributed by atoms with E-state index in [1.54, 1.807) is 12.1 Å². The highest BCUT2D eigenvalue weighted by Crippen LogP contribution is 2.34. The summed E-state index contributed by atoms with van der Waals surface area (Å²) in [6.45, 7) is 5.41. The zero-order valence-electron chi connectivity index (χ0n) is 14.8. The van der Waals surface area contributed by atoms with E-state index in [4.69, 9.17) is 0 Å². The molecule has 2 heterocycles. The van der Waals surface area contributed by atoms with Gasteiger partial charge in [-0.25, -0.2) is 4.98 Å². The van der Waals surface area contributed by atoms with E-state index >= 15 is 0 Å². The van der Waals surface area contributed by atoms with Gasteiger partial charge in [0.2, 0.25) is 5.13 Å². The van der Waals surface area contributed by atoms with Crippen LogP contribution >= 0.6 is 23.1 Å². The summed E-state index contributed by atoms with van der Waals surface area (Å²) in [5.74, 6) is -0.772. The van der Waals surface area contributed by atoms with E-state index in [1.165, 1.54) is 30.4 Å². The first-order valence-electron chi connectivity index (χ1n) is 8.08. The van der Waals surface area contributed by atoms with Gasteiger partial charge < -0.3 is 15.5 Å². The molecule has 0 unspecified atom stereocenters. The van der Waals surface area contributed by atoms with Crippen LogP contribution in [0.1, 0.15) is 47.6 Å². The van der Waals surface area contributed by atoms with Crippen molar-refractivity contribution in [1.29, 1.82) is 0 Å². The number of thioether (sulfide) groups is 1. The first kappa shape index (κ1) is 19.1. The molecule has 1 aliphatic rings. The van der Waals surface area contributed by atoms with Gasteiger partial charge in [-0.05, 0) is 41.5 Å². The molecule has 27 heavy (non-hydrogen) atoms. The van der Waals surface area contributed by atoms with Crippen LogP contribution < -0.4 is 5.32 Å². The number of nitrogens with one attached hydrogen (secondary N) is 1. The van der Waals surface area contributed by atoms with Crippen molar-refractivity contribution in [3.05, 3.63) is 39.2 Å². The Morgan fingerprint density at radius 2 is 2.04 bits per heavy atom. The van der Waals surface area contributed by atoms with Crippen LogP contribution in [0, 0.1) is 0 Å². The number of thiazole rings is 1. The van der Waals surface area contributed by atoms with Gasteiger partial charge in [-0.1, -0.05) is 31.3 Å². The molecule has 9 heteroatoms. The fourth-order valence-electron chi connectivity index (χ4n) is 2.36. The number of Topliss-reactive ketones (excluding diaryl/α,β-unsaturated/α-hetero) is 1. The van der Waals surface area contributed by atoms with Crippen molar-refractivity contribution in [3.63, 3.8) is 0 Å². The maximum Gasteiger partial charge on any atom is 0.264 e. The summed E-state index contributed by atoms with van der Waals surface area (Å²) in [6, 6.07) is 4.29. The summed E-state index contributed by atoms with van der Waals surface area (Å²) in [7, 11) is 0. The number of hydrogen-bond donors (Lipinski definition) is 3. The Kier molecular flexibility index (Phi) is 5.33. The van der Waals surface area contributed by atoms with Crippen LogP contribution in [0.3, 0.4) is 0 Å². The molecule has 0 aliphatic carbocycles. The number of amidine groups is 1. The van der Waals surface area contributed by atoms with Crippen LogP contribution in [0.2, 0.25) is 0 Å². The highest BCUT2D eigenvalue weighted by molar-refractivity contribution is 8.18. The average Bonchev–Trinajstić information content (AvgIpc) is 3.15. The Hall–Kier alpha value is -2.65. The maximum atomic E-state index is 12.2. The minimum absolute atomic E-state index is 0.0570. The third-order valence-electron chi connectivity index (χ3n) is 3.65. The van der Waals surface area contributed by atoms with Crippen LogP contribution in [-0.2, 0) is 4.79 Å². The summed E-state index contributed by atoms with van der Waals surface area (Å²) in [6.07, 6.45) is 1.59. The standard InChI is InChI=1S/C18H17N3O4S2/c1-8(2)14-15(9(3)22)27-17(19-14)21-18-20-16(25)13(26-18)7-10-4-5-11(23)12(24)6-10/h4-8,23-24H,1-3H3,(H,19,20,21,25)/b13-7-. The Bertz CT molecular complexity index is 992. The number of aliphatic imine (C=N–C) groups is 1. The van der Waals surface area contributed by atoms with Crippen molar-refractivity contribution < 1.29 is 19.8 Å². The first-order chi connectivity index (χ1) is 12.7. The summed E-state index contributed by atoms with van der Waals surface area (Å²) >= 11 is 2.34. The number of ketones is 1. The third-order valence-corrected chi connectivity index (χ3v) is 5.63. The van der Waals surface area contributed by atoms with Gasteiger partial charge in [0.15, 0.2) is 22.4 Å².